The largest absolute Gasteiger partial charge is 0.392 e. The lowest BCUT2D eigenvalue weighted by molar-refractivity contribution is -0.122. The topological polar surface area (TPSA) is 74.2 Å². The molecule has 1 aliphatic heterocycles. The normalized spacial score (nSPS) is 20.2. The molecule has 1 aromatic carbocycles. The standard InChI is InChI=1S/C18H23N3O2S/c1-2-17-21-11-16(24-17)14-6-4-3-5-12(14)7-8-19-18(23)15-9-13(22)10-20-15/h3-6,11,13,15,20,22H,2,7-10H2,1H3,(H,19,23). The van der Waals surface area contributed by atoms with Crippen molar-refractivity contribution >= 4 is 17.2 Å². The number of nitrogens with zero attached hydrogens (tertiary/aromatic N) is 1. The molecule has 128 valence electrons. The van der Waals surface area contributed by atoms with E-state index in [9.17, 15) is 9.90 Å². The molecule has 1 saturated heterocycles. The molecule has 6 heteroatoms. The first kappa shape index (κ1) is 17.1. The van der Waals surface area contributed by atoms with Crippen LogP contribution in [0.1, 0.15) is 23.9 Å². The number of aliphatic hydroxyl groups is 1. The van der Waals surface area contributed by atoms with E-state index in [1.165, 1.54) is 16.0 Å². The number of aryl methyl sites for hydroxylation is 1. The number of carbonyl (C=O) groups excluding carboxylic acids is 1. The summed E-state index contributed by atoms with van der Waals surface area (Å²) in [6.45, 7) is 3.19. The van der Waals surface area contributed by atoms with Gasteiger partial charge in [-0.05, 0) is 30.4 Å². The molecule has 1 amide bonds. The first-order chi connectivity index (χ1) is 11.7. The molecule has 1 fully saturated rings. The lowest BCUT2D eigenvalue weighted by Crippen LogP contribution is -2.41. The lowest BCUT2D eigenvalue weighted by Gasteiger charge is -2.12. The maximum atomic E-state index is 12.1. The average molecular weight is 345 g/mol. The second-order valence-electron chi connectivity index (χ2n) is 6.02. The molecule has 0 saturated carbocycles. The zero-order valence-electron chi connectivity index (χ0n) is 13.8. The van der Waals surface area contributed by atoms with Gasteiger partial charge in [0, 0.05) is 19.3 Å². The zero-order valence-corrected chi connectivity index (χ0v) is 14.6. The summed E-state index contributed by atoms with van der Waals surface area (Å²) >= 11 is 1.72. The summed E-state index contributed by atoms with van der Waals surface area (Å²) < 4.78 is 0. The van der Waals surface area contributed by atoms with Crippen molar-refractivity contribution in [3.8, 4) is 10.4 Å². The summed E-state index contributed by atoms with van der Waals surface area (Å²) in [4.78, 5) is 17.7. The highest BCUT2D eigenvalue weighted by atomic mass is 32.1. The van der Waals surface area contributed by atoms with Crippen LogP contribution in [0.5, 0.6) is 0 Å². The number of aliphatic hydroxyl groups excluding tert-OH is 1. The van der Waals surface area contributed by atoms with Gasteiger partial charge in [-0.15, -0.1) is 11.3 Å². The molecule has 24 heavy (non-hydrogen) atoms. The van der Waals surface area contributed by atoms with Crippen molar-refractivity contribution < 1.29 is 9.90 Å². The van der Waals surface area contributed by atoms with Gasteiger partial charge in [-0.1, -0.05) is 31.2 Å². The second kappa shape index (κ2) is 7.88. The third kappa shape index (κ3) is 4.01. The van der Waals surface area contributed by atoms with Crippen LogP contribution in [0.2, 0.25) is 0 Å². The van der Waals surface area contributed by atoms with Gasteiger partial charge in [0.15, 0.2) is 0 Å². The quantitative estimate of drug-likeness (QED) is 0.746. The molecule has 0 bridgehead atoms. The lowest BCUT2D eigenvalue weighted by atomic mass is 10.0. The summed E-state index contributed by atoms with van der Waals surface area (Å²) in [7, 11) is 0. The number of hydrogen-bond acceptors (Lipinski definition) is 5. The van der Waals surface area contributed by atoms with Crippen molar-refractivity contribution in [2.45, 2.75) is 38.3 Å². The first-order valence-electron chi connectivity index (χ1n) is 8.39. The smallest absolute Gasteiger partial charge is 0.237 e. The van der Waals surface area contributed by atoms with Gasteiger partial charge in [-0.3, -0.25) is 4.79 Å². The van der Waals surface area contributed by atoms with Gasteiger partial charge in [-0.25, -0.2) is 4.98 Å². The van der Waals surface area contributed by atoms with Crippen LogP contribution in [0.25, 0.3) is 10.4 Å². The third-order valence-corrected chi connectivity index (χ3v) is 5.43. The molecule has 2 aromatic rings. The number of nitrogens with one attached hydrogen (secondary N) is 2. The van der Waals surface area contributed by atoms with E-state index in [2.05, 4.69) is 34.7 Å². The number of amides is 1. The maximum Gasteiger partial charge on any atom is 0.237 e. The number of benzene rings is 1. The van der Waals surface area contributed by atoms with E-state index in [0.717, 1.165) is 17.8 Å². The highest BCUT2D eigenvalue weighted by Crippen LogP contribution is 2.29. The number of carbonyl (C=O) groups is 1. The molecule has 2 unspecified atom stereocenters. The SMILES string of the molecule is CCc1ncc(-c2ccccc2CCNC(=O)C2CC(O)CN2)s1. The van der Waals surface area contributed by atoms with E-state index in [0.29, 0.717) is 19.5 Å². The summed E-state index contributed by atoms with van der Waals surface area (Å²) in [5, 5.41) is 16.6. The highest BCUT2D eigenvalue weighted by Gasteiger charge is 2.27. The minimum absolute atomic E-state index is 0.0323. The molecular weight excluding hydrogens is 322 g/mol. The van der Waals surface area contributed by atoms with Crippen LogP contribution in [0.15, 0.2) is 30.5 Å². The fourth-order valence-electron chi connectivity index (χ4n) is 2.94. The van der Waals surface area contributed by atoms with Crippen LogP contribution in [-0.2, 0) is 17.6 Å². The van der Waals surface area contributed by atoms with E-state index in [1.54, 1.807) is 11.3 Å². The fourth-order valence-corrected chi connectivity index (χ4v) is 3.86. The van der Waals surface area contributed by atoms with E-state index >= 15 is 0 Å². The molecule has 3 N–H and O–H groups in total. The first-order valence-corrected chi connectivity index (χ1v) is 9.21. The van der Waals surface area contributed by atoms with E-state index in [-0.39, 0.29) is 11.9 Å². The van der Waals surface area contributed by atoms with Gasteiger partial charge < -0.3 is 15.7 Å². The van der Waals surface area contributed by atoms with Crippen molar-refractivity contribution in [3.63, 3.8) is 0 Å². The Kier molecular flexibility index (Phi) is 5.60. The molecule has 3 rings (SSSR count). The molecule has 1 aliphatic rings. The van der Waals surface area contributed by atoms with Gasteiger partial charge in [0.05, 0.1) is 22.0 Å². The summed E-state index contributed by atoms with van der Waals surface area (Å²) in [5.41, 5.74) is 2.40. The van der Waals surface area contributed by atoms with Crippen molar-refractivity contribution in [2.75, 3.05) is 13.1 Å². The number of hydrogen-bond donors (Lipinski definition) is 3. The number of thiazole rings is 1. The van der Waals surface area contributed by atoms with E-state index in [4.69, 9.17) is 0 Å². The van der Waals surface area contributed by atoms with Gasteiger partial charge in [0.2, 0.25) is 5.91 Å². The molecular formula is C18H23N3O2S. The number of β-amino-alcohol motifs (C(OH)–C–C–N with tert-alkyl or cyclic N) is 1. The van der Waals surface area contributed by atoms with E-state index in [1.807, 2.05) is 18.3 Å². The molecule has 5 nitrogen and oxygen atoms in total. The predicted octanol–water partition coefficient (Wildman–Crippen LogP) is 1.75. The third-order valence-electron chi connectivity index (χ3n) is 4.26. The monoisotopic (exact) mass is 345 g/mol. The van der Waals surface area contributed by atoms with Crippen molar-refractivity contribution in [1.82, 2.24) is 15.6 Å². The Morgan fingerprint density at radius 2 is 2.29 bits per heavy atom. The van der Waals surface area contributed by atoms with Crippen molar-refractivity contribution in [3.05, 3.63) is 41.0 Å². The second-order valence-corrected chi connectivity index (χ2v) is 7.14. The Balaban J connectivity index is 1.60. The van der Waals surface area contributed by atoms with E-state index < -0.39 is 6.10 Å². The fraction of sp³-hybridized carbons (Fsp3) is 0.444. The van der Waals surface area contributed by atoms with Gasteiger partial charge in [-0.2, -0.15) is 0 Å². The van der Waals surface area contributed by atoms with Gasteiger partial charge in [0.1, 0.15) is 0 Å². The Labute approximate surface area is 146 Å². The van der Waals surface area contributed by atoms with Crippen molar-refractivity contribution in [2.24, 2.45) is 0 Å². The van der Waals surface area contributed by atoms with Crippen LogP contribution in [0.3, 0.4) is 0 Å². The molecule has 2 atom stereocenters. The molecule has 0 spiro atoms. The molecule has 0 radical (unpaired) electrons. The van der Waals surface area contributed by atoms with Gasteiger partial charge >= 0.3 is 0 Å². The minimum Gasteiger partial charge on any atom is -0.392 e. The molecule has 2 heterocycles. The number of aromatic nitrogens is 1. The minimum atomic E-state index is -0.416. The van der Waals surface area contributed by atoms with Crippen LogP contribution in [0, 0.1) is 0 Å². The zero-order chi connectivity index (χ0) is 16.9. The van der Waals surface area contributed by atoms with Crippen LogP contribution < -0.4 is 10.6 Å². The molecule has 0 aliphatic carbocycles. The maximum absolute atomic E-state index is 12.1. The molecule has 1 aromatic heterocycles. The Morgan fingerprint density at radius 3 is 3.00 bits per heavy atom. The number of rotatable bonds is 6. The van der Waals surface area contributed by atoms with Gasteiger partial charge in [0.25, 0.3) is 0 Å². The summed E-state index contributed by atoms with van der Waals surface area (Å²) in [6, 6.07) is 8.00. The summed E-state index contributed by atoms with van der Waals surface area (Å²) in [6.07, 6.45) is 3.73. The van der Waals surface area contributed by atoms with Crippen LogP contribution in [0.4, 0.5) is 0 Å². The Morgan fingerprint density at radius 1 is 1.46 bits per heavy atom. The Hall–Kier alpha value is -1.76. The highest BCUT2D eigenvalue weighted by molar-refractivity contribution is 7.15. The predicted molar refractivity (Wildman–Crippen MR) is 96.1 cm³/mol. The van der Waals surface area contributed by atoms with Crippen LogP contribution in [-0.4, -0.2) is 41.2 Å². The Bertz CT molecular complexity index is 701. The van der Waals surface area contributed by atoms with Crippen molar-refractivity contribution in [1.29, 1.82) is 0 Å². The van der Waals surface area contributed by atoms with Crippen LogP contribution >= 0.6 is 11.3 Å². The summed E-state index contributed by atoms with van der Waals surface area (Å²) in [5.74, 6) is -0.0323. The average Bonchev–Trinajstić information content (AvgIpc) is 3.24.